The molecule has 0 aliphatic heterocycles. The number of pyridine rings is 1. The summed E-state index contributed by atoms with van der Waals surface area (Å²) in [5, 5.41) is 7.68. The minimum atomic E-state index is -0.00972. The smallest absolute Gasteiger partial charge is 0.255 e. The molecule has 0 saturated heterocycles. The summed E-state index contributed by atoms with van der Waals surface area (Å²) in [5.41, 5.74) is 2.22. The highest BCUT2D eigenvalue weighted by molar-refractivity contribution is 5.99. The molecule has 1 amide bonds. The third-order valence-electron chi connectivity index (χ3n) is 4.91. The minimum Gasteiger partial charge on any atom is -0.349 e. The van der Waals surface area contributed by atoms with Crippen LogP contribution in [-0.4, -0.2) is 26.7 Å². The van der Waals surface area contributed by atoms with Gasteiger partial charge in [-0.1, -0.05) is 12.8 Å². The Kier molecular flexibility index (Phi) is 3.21. The average molecular weight is 296 g/mol. The summed E-state index contributed by atoms with van der Waals surface area (Å²) in [6.45, 7) is 0. The predicted octanol–water partition coefficient (Wildman–Crippen LogP) is 2.40. The number of nitrogens with one attached hydrogen (secondary N) is 1. The van der Waals surface area contributed by atoms with Crippen LogP contribution < -0.4 is 5.32 Å². The number of aromatic nitrogens is 3. The average Bonchev–Trinajstić information content (AvgIpc) is 3.23. The molecule has 0 spiro atoms. The molecular weight excluding hydrogens is 276 g/mol. The van der Waals surface area contributed by atoms with Crippen LogP contribution in [0.2, 0.25) is 0 Å². The summed E-state index contributed by atoms with van der Waals surface area (Å²) in [4.78, 5) is 16.8. The van der Waals surface area contributed by atoms with Gasteiger partial charge < -0.3 is 5.32 Å². The van der Waals surface area contributed by atoms with Crippen LogP contribution in [0.4, 0.5) is 0 Å². The van der Waals surface area contributed by atoms with E-state index in [-0.39, 0.29) is 5.91 Å². The number of carbonyl (C=O) groups excluding carboxylic acids is 1. The first-order valence-corrected chi connectivity index (χ1v) is 7.97. The van der Waals surface area contributed by atoms with Crippen molar-refractivity contribution in [1.29, 1.82) is 0 Å². The fraction of sp³-hybridized carbons (Fsp3) is 0.471. The maximum Gasteiger partial charge on any atom is 0.255 e. The molecule has 2 aliphatic carbocycles. The monoisotopic (exact) mass is 296 g/mol. The molecule has 22 heavy (non-hydrogen) atoms. The number of amides is 1. The van der Waals surface area contributed by atoms with Crippen molar-refractivity contribution < 1.29 is 4.79 Å². The first kappa shape index (κ1) is 13.5. The van der Waals surface area contributed by atoms with E-state index in [4.69, 9.17) is 0 Å². The van der Waals surface area contributed by atoms with E-state index < -0.39 is 0 Å². The summed E-state index contributed by atoms with van der Waals surface area (Å²) >= 11 is 0. The van der Waals surface area contributed by atoms with Crippen molar-refractivity contribution in [3.63, 3.8) is 0 Å². The van der Waals surface area contributed by atoms with Gasteiger partial charge >= 0.3 is 0 Å². The van der Waals surface area contributed by atoms with Crippen molar-refractivity contribution >= 4 is 5.91 Å². The Morgan fingerprint density at radius 1 is 1.41 bits per heavy atom. The Morgan fingerprint density at radius 3 is 3.14 bits per heavy atom. The molecule has 3 atom stereocenters. The van der Waals surface area contributed by atoms with Crippen LogP contribution in [0.5, 0.6) is 0 Å². The largest absolute Gasteiger partial charge is 0.349 e. The van der Waals surface area contributed by atoms with Gasteiger partial charge in [0.15, 0.2) is 0 Å². The van der Waals surface area contributed by atoms with E-state index in [1.54, 1.807) is 23.3 Å². The number of hydrogen-bond donors (Lipinski definition) is 1. The molecule has 2 aromatic heterocycles. The quantitative estimate of drug-likeness (QED) is 0.946. The molecule has 2 fully saturated rings. The van der Waals surface area contributed by atoms with E-state index >= 15 is 0 Å². The number of nitrogens with zero attached hydrogens (tertiary/aromatic N) is 3. The van der Waals surface area contributed by atoms with Gasteiger partial charge in [-0.2, -0.15) is 5.10 Å². The Labute approximate surface area is 129 Å². The molecule has 1 unspecified atom stereocenters. The van der Waals surface area contributed by atoms with Crippen molar-refractivity contribution in [2.75, 3.05) is 0 Å². The molecular formula is C17H20N4O. The van der Waals surface area contributed by atoms with E-state index in [2.05, 4.69) is 15.4 Å². The molecule has 0 radical (unpaired) electrons. The Balaban J connectivity index is 1.58. The summed E-state index contributed by atoms with van der Waals surface area (Å²) in [5.74, 6) is 1.55. The summed E-state index contributed by atoms with van der Waals surface area (Å²) in [6.07, 6.45) is 10.2. The van der Waals surface area contributed by atoms with Crippen molar-refractivity contribution in [3.8, 4) is 11.3 Å². The van der Waals surface area contributed by atoms with Gasteiger partial charge in [0.2, 0.25) is 0 Å². The van der Waals surface area contributed by atoms with E-state index in [1.807, 2.05) is 19.2 Å². The first-order valence-electron chi connectivity index (χ1n) is 7.97. The lowest BCUT2D eigenvalue weighted by Gasteiger charge is -2.22. The van der Waals surface area contributed by atoms with Crippen LogP contribution in [0.15, 0.2) is 30.7 Å². The third-order valence-corrected chi connectivity index (χ3v) is 4.91. The first-order chi connectivity index (χ1) is 10.7. The maximum absolute atomic E-state index is 12.7. The van der Waals surface area contributed by atoms with Crippen molar-refractivity contribution in [1.82, 2.24) is 20.1 Å². The molecule has 114 valence electrons. The zero-order valence-corrected chi connectivity index (χ0v) is 12.7. The van der Waals surface area contributed by atoms with Crippen LogP contribution >= 0.6 is 0 Å². The second-order valence-corrected chi connectivity index (χ2v) is 6.48. The number of aryl methyl sites for hydroxylation is 1. The van der Waals surface area contributed by atoms with Crippen molar-refractivity contribution in [3.05, 3.63) is 36.3 Å². The number of hydrogen-bond acceptors (Lipinski definition) is 3. The Hall–Kier alpha value is -2.17. The van der Waals surface area contributed by atoms with Crippen LogP contribution in [0.3, 0.4) is 0 Å². The van der Waals surface area contributed by atoms with Gasteiger partial charge in [-0.15, -0.1) is 0 Å². The number of carbonyl (C=O) groups is 1. The predicted molar refractivity (Wildman–Crippen MR) is 83.1 cm³/mol. The zero-order chi connectivity index (χ0) is 15.1. The number of fused-ring (bicyclic) bond motifs is 1. The van der Waals surface area contributed by atoms with Gasteiger partial charge in [-0.25, -0.2) is 0 Å². The SMILES string of the molecule is Cn1cc(C(=O)NC2CCC[C@@H]3C[C@H]23)c(-c2cccnc2)n1. The number of rotatable bonds is 3. The topological polar surface area (TPSA) is 59.8 Å². The van der Waals surface area contributed by atoms with Crippen LogP contribution in [0, 0.1) is 11.8 Å². The molecule has 1 N–H and O–H groups in total. The molecule has 2 heterocycles. The highest BCUT2D eigenvalue weighted by atomic mass is 16.1. The molecule has 4 rings (SSSR count). The van der Waals surface area contributed by atoms with Gasteiger partial charge in [0.05, 0.1) is 5.56 Å². The Morgan fingerprint density at radius 2 is 2.32 bits per heavy atom. The van der Waals surface area contributed by atoms with E-state index in [9.17, 15) is 4.79 Å². The zero-order valence-electron chi connectivity index (χ0n) is 12.7. The van der Waals surface area contributed by atoms with E-state index in [0.29, 0.717) is 23.2 Å². The van der Waals surface area contributed by atoms with Crippen LogP contribution in [0.25, 0.3) is 11.3 Å². The summed E-state index contributed by atoms with van der Waals surface area (Å²) < 4.78 is 1.69. The molecule has 0 aromatic carbocycles. The van der Waals surface area contributed by atoms with Gasteiger partial charge in [0.25, 0.3) is 5.91 Å². The standard InChI is InChI=1S/C17H20N4O/c1-21-10-14(16(20-21)12-5-3-7-18-9-12)17(22)19-15-6-2-4-11-8-13(11)15/h3,5,7,9-11,13,15H,2,4,6,8H2,1H3,(H,19,22)/t11-,13+,15?/m1/s1. The fourth-order valence-electron chi connectivity index (χ4n) is 3.71. The normalized spacial score (nSPS) is 26.3. The third kappa shape index (κ3) is 2.40. The van der Waals surface area contributed by atoms with Crippen molar-refractivity contribution in [2.45, 2.75) is 31.7 Å². The second kappa shape index (κ2) is 5.23. The van der Waals surface area contributed by atoms with Gasteiger partial charge in [0.1, 0.15) is 5.69 Å². The maximum atomic E-state index is 12.7. The second-order valence-electron chi connectivity index (χ2n) is 6.48. The lowest BCUT2D eigenvalue weighted by atomic mass is 9.95. The lowest BCUT2D eigenvalue weighted by Crippen LogP contribution is -2.38. The van der Waals surface area contributed by atoms with Gasteiger partial charge in [-0.05, 0) is 36.8 Å². The van der Waals surface area contributed by atoms with Crippen molar-refractivity contribution in [2.24, 2.45) is 18.9 Å². The highest BCUT2D eigenvalue weighted by Crippen LogP contribution is 2.49. The van der Waals surface area contributed by atoms with E-state index in [0.717, 1.165) is 17.9 Å². The lowest BCUT2D eigenvalue weighted by molar-refractivity contribution is 0.0924. The van der Waals surface area contributed by atoms with Gasteiger partial charge in [-0.3, -0.25) is 14.5 Å². The van der Waals surface area contributed by atoms with E-state index in [1.165, 1.54) is 19.3 Å². The molecule has 2 aromatic rings. The molecule has 2 aliphatic rings. The summed E-state index contributed by atoms with van der Waals surface area (Å²) in [6, 6.07) is 4.14. The van der Waals surface area contributed by atoms with Gasteiger partial charge in [0, 0.05) is 37.2 Å². The molecule has 5 nitrogen and oxygen atoms in total. The highest BCUT2D eigenvalue weighted by Gasteiger charge is 2.45. The minimum absolute atomic E-state index is 0.00972. The van der Waals surface area contributed by atoms with Crippen LogP contribution in [-0.2, 0) is 7.05 Å². The molecule has 0 bridgehead atoms. The molecule has 2 saturated carbocycles. The summed E-state index contributed by atoms with van der Waals surface area (Å²) in [7, 11) is 1.84. The molecule has 5 heteroatoms. The fourth-order valence-corrected chi connectivity index (χ4v) is 3.71. The Bertz CT molecular complexity index is 694. The van der Waals surface area contributed by atoms with Crippen LogP contribution in [0.1, 0.15) is 36.0 Å².